The predicted molar refractivity (Wildman–Crippen MR) is 62.5 cm³/mol. The molecule has 0 bridgehead atoms. The van der Waals surface area contributed by atoms with Gasteiger partial charge in [-0.05, 0) is 47.3 Å². The summed E-state index contributed by atoms with van der Waals surface area (Å²) in [6.07, 6.45) is 2.33. The molecule has 1 saturated carbocycles. The number of nitriles is 1. The molecular weight excluding hydrogens is 276 g/mol. The summed E-state index contributed by atoms with van der Waals surface area (Å²) in [5, 5.41) is 12.5. The number of nitrogens with zero attached hydrogens (tertiary/aromatic N) is 1. The van der Waals surface area contributed by atoms with Crippen LogP contribution in [0.25, 0.3) is 0 Å². The fraction of sp³-hybridized carbons (Fsp3) is 0.400. The summed E-state index contributed by atoms with van der Waals surface area (Å²) in [6.45, 7) is 0. The summed E-state index contributed by atoms with van der Waals surface area (Å²) in [7, 11) is 0. The number of amides is 1. The van der Waals surface area contributed by atoms with Crippen molar-refractivity contribution >= 4 is 38.2 Å². The maximum Gasteiger partial charge on any atom is 0.245 e. The van der Waals surface area contributed by atoms with Crippen molar-refractivity contribution in [2.75, 3.05) is 5.32 Å². The van der Waals surface area contributed by atoms with Gasteiger partial charge < -0.3 is 5.32 Å². The van der Waals surface area contributed by atoms with Gasteiger partial charge in [-0.25, -0.2) is 0 Å². The number of carbonyl (C=O) groups is 1. The summed E-state index contributed by atoms with van der Waals surface area (Å²) in [4.78, 5) is 11.8. The van der Waals surface area contributed by atoms with Crippen LogP contribution < -0.4 is 5.32 Å². The van der Waals surface area contributed by atoms with Gasteiger partial charge in [-0.1, -0.05) is 0 Å². The summed E-state index contributed by atoms with van der Waals surface area (Å²) < 4.78 is 0.970. The van der Waals surface area contributed by atoms with Gasteiger partial charge >= 0.3 is 0 Å². The molecule has 5 heteroatoms. The fourth-order valence-electron chi connectivity index (χ4n) is 1.53. The second kappa shape index (κ2) is 3.95. The van der Waals surface area contributed by atoms with E-state index in [0.29, 0.717) is 12.8 Å². The van der Waals surface area contributed by atoms with Crippen molar-refractivity contribution in [3.63, 3.8) is 0 Å². The van der Waals surface area contributed by atoms with E-state index in [-0.39, 0.29) is 5.91 Å². The van der Waals surface area contributed by atoms with E-state index < -0.39 is 5.41 Å². The van der Waals surface area contributed by atoms with Gasteiger partial charge in [0.2, 0.25) is 5.91 Å². The monoisotopic (exact) mass is 284 g/mol. The molecule has 2 rings (SSSR count). The molecule has 1 aromatic heterocycles. The van der Waals surface area contributed by atoms with Crippen LogP contribution in [0.5, 0.6) is 0 Å². The number of rotatable bonds is 2. The zero-order valence-electron chi connectivity index (χ0n) is 7.92. The van der Waals surface area contributed by atoms with Crippen LogP contribution in [0.4, 0.5) is 5.00 Å². The van der Waals surface area contributed by atoms with Crippen LogP contribution in [-0.4, -0.2) is 5.91 Å². The Bertz CT molecular complexity index is 431. The van der Waals surface area contributed by atoms with Crippen LogP contribution in [0.15, 0.2) is 15.9 Å². The minimum Gasteiger partial charge on any atom is -0.316 e. The Kier molecular flexibility index (Phi) is 2.81. The minimum absolute atomic E-state index is 0.161. The van der Waals surface area contributed by atoms with Gasteiger partial charge in [-0.2, -0.15) is 5.26 Å². The van der Waals surface area contributed by atoms with E-state index in [9.17, 15) is 4.79 Å². The molecule has 1 heterocycles. The smallest absolute Gasteiger partial charge is 0.245 e. The summed E-state index contributed by atoms with van der Waals surface area (Å²) >= 11 is 4.78. The molecule has 1 aromatic rings. The Morgan fingerprint density at radius 3 is 2.73 bits per heavy atom. The maximum atomic E-state index is 11.8. The number of carbonyl (C=O) groups excluding carboxylic acids is 1. The Morgan fingerprint density at radius 2 is 2.33 bits per heavy atom. The van der Waals surface area contributed by atoms with Gasteiger partial charge in [-0.3, -0.25) is 4.79 Å². The molecule has 1 N–H and O–H groups in total. The lowest BCUT2D eigenvalue weighted by molar-refractivity contribution is -0.126. The van der Waals surface area contributed by atoms with E-state index in [2.05, 4.69) is 27.3 Å². The first-order valence-electron chi connectivity index (χ1n) is 4.64. The summed E-state index contributed by atoms with van der Waals surface area (Å²) in [6, 6.07) is 5.83. The molecule has 0 aromatic carbocycles. The van der Waals surface area contributed by atoms with E-state index in [1.54, 1.807) is 0 Å². The topological polar surface area (TPSA) is 52.9 Å². The number of halogens is 1. The first kappa shape index (κ1) is 10.7. The highest BCUT2D eigenvalue weighted by molar-refractivity contribution is 9.11. The quantitative estimate of drug-likeness (QED) is 0.907. The Labute approximate surface area is 100 Å². The zero-order chi connectivity index (χ0) is 10.9. The van der Waals surface area contributed by atoms with Crippen LogP contribution in [0, 0.1) is 16.7 Å². The van der Waals surface area contributed by atoms with Gasteiger partial charge in [0.05, 0.1) is 14.9 Å². The molecular formula is C10H9BrN2OS. The van der Waals surface area contributed by atoms with Crippen molar-refractivity contribution in [2.45, 2.75) is 19.3 Å². The lowest BCUT2D eigenvalue weighted by Gasteiger charge is -2.32. The Morgan fingerprint density at radius 1 is 1.60 bits per heavy atom. The number of hydrogen-bond donors (Lipinski definition) is 1. The van der Waals surface area contributed by atoms with Crippen LogP contribution in [0.1, 0.15) is 19.3 Å². The first-order chi connectivity index (χ1) is 7.16. The number of anilines is 1. The summed E-state index contributed by atoms with van der Waals surface area (Å²) in [5.41, 5.74) is -0.767. The average Bonchev–Trinajstić information content (AvgIpc) is 2.50. The van der Waals surface area contributed by atoms with Crippen molar-refractivity contribution in [1.82, 2.24) is 0 Å². The highest BCUT2D eigenvalue weighted by Gasteiger charge is 2.44. The molecule has 0 saturated heterocycles. The third-order valence-corrected chi connectivity index (χ3v) is 4.20. The van der Waals surface area contributed by atoms with Crippen molar-refractivity contribution in [3.8, 4) is 6.07 Å². The molecule has 3 nitrogen and oxygen atoms in total. The van der Waals surface area contributed by atoms with E-state index >= 15 is 0 Å². The van der Waals surface area contributed by atoms with Gasteiger partial charge in [0.1, 0.15) is 5.41 Å². The van der Waals surface area contributed by atoms with Crippen molar-refractivity contribution in [1.29, 1.82) is 5.26 Å². The molecule has 0 spiro atoms. The largest absolute Gasteiger partial charge is 0.316 e. The van der Waals surface area contributed by atoms with Crippen molar-refractivity contribution < 1.29 is 4.79 Å². The fourth-order valence-corrected chi connectivity index (χ4v) is 2.81. The normalized spacial score (nSPS) is 17.6. The molecule has 1 aliphatic rings. The highest BCUT2D eigenvalue weighted by atomic mass is 79.9. The van der Waals surface area contributed by atoms with E-state index in [1.807, 2.05) is 12.1 Å². The second-order valence-electron chi connectivity index (χ2n) is 3.61. The van der Waals surface area contributed by atoms with Gasteiger partial charge in [0, 0.05) is 0 Å². The average molecular weight is 285 g/mol. The SMILES string of the molecule is N#CC1(C(=O)Nc2ccc(Br)s2)CCC1. The number of nitrogens with one attached hydrogen (secondary N) is 1. The van der Waals surface area contributed by atoms with Gasteiger partial charge in [0.25, 0.3) is 0 Å². The molecule has 78 valence electrons. The van der Waals surface area contributed by atoms with Crippen LogP contribution in [0.3, 0.4) is 0 Å². The van der Waals surface area contributed by atoms with E-state index in [4.69, 9.17) is 5.26 Å². The molecule has 0 unspecified atom stereocenters. The van der Waals surface area contributed by atoms with Crippen LogP contribution in [-0.2, 0) is 4.79 Å². The van der Waals surface area contributed by atoms with Gasteiger partial charge in [-0.15, -0.1) is 11.3 Å². The van der Waals surface area contributed by atoms with E-state index in [0.717, 1.165) is 15.2 Å². The molecule has 1 fully saturated rings. The molecule has 1 amide bonds. The molecule has 0 atom stereocenters. The van der Waals surface area contributed by atoms with Crippen molar-refractivity contribution in [2.24, 2.45) is 5.41 Å². The third kappa shape index (κ3) is 1.92. The Hall–Kier alpha value is -0.860. The molecule has 0 radical (unpaired) electrons. The van der Waals surface area contributed by atoms with E-state index in [1.165, 1.54) is 11.3 Å². The van der Waals surface area contributed by atoms with Crippen molar-refractivity contribution in [3.05, 3.63) is 15.9 Å². The first-order valence-corrected chi connectivity index (χ1v) is 6.25. The molecule has 1 aliphatic carbocycles. The Balaban J connectivity index is 2.07. The van der Waals surface area contributed by atoms with Crippen LogP contribution in [0.2, 0.25) is 0 Å². The molecule has 0 aliphatic heterocycles. The minimum atomic E-state index is -0.767. The van der Waals surface area contributed by atoms with Crippen LogP contribution >= 0.6 is 27.3 Å². The zero-order valence-corrected chi connectivity index (χ0v) is 10.3. The second-order valence-corrected chi connectivity index (χ2v) is 6.07. The summed E-state index contributed by atoms with van der Waals surface area (Å²) in [5.74, 6) is -0.161. The lowest BCUT2D eigenvalue weighted by atomic mass is 9.69. The number of hydrogen-bond acceptors (Lipinski definition) is 3. The molecule has 15 heavy (non-hydrogen) atoms. The third-order valence-electron chi connectivity index (χ3n) is 2.67. The lowest BCUT2D eigenvalue weighted by Crippen LogP contribution is -2.40. The highest BCUT2D eigenvalue weighted by Crippen LogP contribution is 2.41. The predicted octanol–water partition coefficient (Wildman–Crippen LogP) is 3.14. The standard InChI is InChI=1S/C10H9BrN2OS/c11-7-2-3-8(15-7)13-9(14)10(6-12)4-1-5-10/h2-3H,1,4-5H2,(H,13,14). The maximum absolute atomic E-state index is 11.8. The van der Waals surface area contributed by atoms with Gasteiger partial charge in [0.15, 0.2) is 0 Å². The number of thiophene rings is 1.